The van der Waals surface area contributed by atoms with Crippen LogP contribution in [0.15, 0.2) is 51.8 Å². The van der Waals surface area contributed by atoms with Gasteiger partial charge in [0.15, 0.2) is 0 Å². The minimum Gasteiger partial charge on any atom is -0.324 e. The molecule has 0 bridgehead atoms. The van der Waals surface area contributed by atoms with Crippen molar-refractivity contribution in [3.8, 4) is 0 Å². The largest absolute Gasteiger partial charge is 0.324 e. The molecule has 0 saturated heterocycles. The zero-order valence-corrected chi connectivity index (χ0v) is 13.6. The standard InChI is InChI=1S/C15H11BrClNOS/c16-9-5-6-12(17)13(7-9)18-15(19)11-8-20-14-4-2-1-3-10(11)14/h1-7,11H,8H2,(H,18,19). The van der Waals surface area contributed by atoms with Crippen molar-refractivity contribution in [3.63, 3.8) is 0 Å². The molecule has 1 amide bonds. The molecule has 3 rings (SSSR count). The Bertz CT molecular complexity index is 677. The first kappa shape index (κ1) is 14.0. The third kappa shape index (κ3) is 2.73. The molecule has 1 aliphatic heterocycles. The average Bonchev–Trinajstić information content (AvgIpc) is 2.87. The lowest BCUT2D eigenvalue weighted by molar-refractivity contribution is -0.117. The van der Waals surface area contributed by atoms with E-state index in [2.05, 4.69) is 27.3 Å². The average molecular weight is 369 g/mol. The molecule has 1 unspecified atom stereocenters. The second kappa shape index (κ2) is 5.80. The molecule has 1 heterocycles. The van der Waals surface area contributed by atoms with E-state index < -0.39 is 0 Å². The van der Waals surface area contributed by atoms with Gasteiger partial charge in [-0.25, -0.2) is 0 Å². The molecule has 1 atom stereocenters. The van der Waals surface area contributed by atoms with Crippen LogP contribution in [-0.2, 0) is 4.79 Å². The van der Waals surface area contributed by atoms with Crippen LogP contribution in [0.1, 0.15) is 11.5 Å². The first-order valence-electron chi connectivity index (χ1n) is 6.13. The highest BCUT2D eigenvalue weighted by molar-refractivity contribution is 9.10. The first-order chi connectivity index (χ1) is 9.65. The van der Waals surface area contributed by atoms with Gasteiger partial charge in [0.2, 0.25) is 5.91 Å². The van der Waals surface area contributed by atoms with Gasteiger partial charge in [0.1, 0.15) is 0 Å². The third-order valence-corrected chi connectivity index (χ3v) is 5.21. The van der Waals surface area contributed by atoms with E-state index in [1.165, 1.54) is 4.90 Å². The minimum atomic E-state index is -0.119. The van der Waals surface area contributed by atoms with Gasteiger partial charge < -0.3 is 5.32 Å². The lowest BCUT2D eigenvalue weighted by atomic mass is 10.0. The fourth-order valence-corrected chi connectivity index (χ4v) is 3.95. The van der Waals surface area contributed by atoms with Crippen molar-refractivity contribution >= 4 is 50.9 Å². The van der Waals surface area contributed by atoms with Crippen LogP contribution in [0.25, 0.3) is 0 Å². The molecule has 2 nitrogen and oxygen atoms in total. The van der Waals surface area contributed by atoms with Crippen LogP contribution in [0.5, 0.6) is 0 Å². The van der Waals surface area contributed by atoms with E-state index in [9.17, 15) is 4.79 Å². The number of carbonyl (C=O) groups is 1. The number of thioether (sulfide) groups is 1. The van der Waals surface area contributed by atoms with Crippen LogP contribution in [0.3, 0.4) is 0 Å². The number of hydrogen-bond donors (Lipinski definition) is 1. The number of carbonyl (C=O) groups excluding carboxylic acids is 1. The molecule has 102 valence electrons. The number of halogens is 2. The smallest absolute Gasteiger partial charge is 0.232 e. The quantitative estimate of drug-likeness (QED) is 0.814. The zero-order valence-electron chi connectivity index (χ0n) is 10.4. The van der Waals surface area contributed by atoms with Gasteiger partial charge in [0.25, 0.3) is 0 Å². The van der Waals surface area contributed by atoms with Crippen molar-refractivity contribution in [3.05, 3.63) is 57.5 Å². The number of rotatable bonds is 2. The Kier molecular flexibility index (Phi) is 4.06. The Balaban J connectivity index is 1.83. The normalized spacial score (nSPS) is 16.8. The molecule has 1 N–H and O–H groups in total. The molecule has 2 aromatic rings. The van der Waals surface area contributed by atoms with E-state index in [4.69, 9.17) is 11.6 Å². The predicted molar refractivity (Wildman–Crippen MR) is 87.7 cm³/mol. The van der Waals surface area contributed by atoms with E-state index in [1.807, 2.05) is 30.3 Å². The first-order valence-corrected chi connectivity index (χ1v) is 8.28. The second-order valence-electron chi connectivity index (χ2n) is 4.51. The second-order valence-corrected chi connectivity index (χ2v) is 6.90. The molecular weight excluding hydrogens is 358 g/mol. The maximum absolute atomic E-state index is 12.4. The van der Waals surface area contributed by atoms with E-state index in [0.717, 1.165) is 15.8 Å². The summed E-state index contributed by atoms with van der Waals surface area (Å²) in [5.41, 5.74) is 1.74. The van der Waals surface area contributed by atoms with Gasteiger partial charge in [-0.05, 0) is 29.8 Å². The Morgan fingerprint density at radius 1 is 1.30 bits per heavy atom. The highest BCUT2D eigenvalue weighted by Gasteiger charge is 2.29. The van der Waals surface area contributed by atoms with Crippen LogP contribution >= 0.6 is 39.3 Å². The van der Waals surface area contributed by atoms with E-state index in [0.29, 0.717) is 10.7 Å². The Morgan fingerprint density at radius 2 is 2.10 bits per heavy atom. The number of hydrogen-bond acceptors (Lipinski definition) is 2. The summed E-state index contributed by atoms with van der Waals surface area (Å²) in [5.74, 6) is 0.644. The molecule has 0 fully saturated rings. The number of benzene rings is 2. The molecule has 0 aliphatic carbocycles. The van der Waals surface area contributed by atoms with Gasteiger partial charge in [-0.1, -0.05) is 45.7 Å². The topological polar surface area (TPSA) is 29.1 Å². The van der Waals surface area contributed by atoms with E-state index in [1.54, 1.807) is 17.8 Å². The van der Waals surface area contributed by atoms with Crippen molar-refractivity contribution in [1.29, 1.82) is 0 Å². The lowest BCUT2D eigenvalue weighted by Gasteiger charge is -2.13. The number of fused-ring (bicyclic) bond motifs is 1. The monoisotopic (exact) mass is 367 g/mol. The number of amides is 1. The molecular formula is C15H11BrClNOS. The van der Waals surface area contributed by atoms with Crippen LogP contribution in [-0.4, -0.2) is 11.7 Å². The lowest BCUT2D eigenvalue weighted by Crippen LogP contribution is -2.21. The fourth-order valence-electron chi connectivity index (χ4n) is 2.19. The van der Waals surface area contributed by atoms with Gasteiger partial charge in [0.05, 0.1) is 16.6 Å². The summed E-state index contributed by atoms with van der Waals surface area (Å²) < 4.78 is 0.887. The van der Waals surface area contributed by atoms with Crippen molar-refractivity contribution in [2.45, 2.75) is 10.8 Å². The minimum absolute atomic E-state index is 0.0116. The van der Waals surface area contributed by atoms with Crippen LogP contribution in [0.2, 0.25) is 5.02 Å². The molecule has 1 aliphatic rings. The van der Waals surface area contributed by atoms with E-state index in [-0.39, 0.29) is 11.8 Å². The van der Waals surface area contributed by atoms with Crippen molar-refractivity contribution < 1.29 is 4.79 Å². The summed E-state index contributed by atoms with van der Waals surface area (Å²) in [7, 11) is 0. The Hall–Kier alpha value is -0.970. The molecule has 0 saturated carbocycles. The van der Waals surface area contributed by atoms with Crippen LogP contribution in [0.4, 0.5) is 5.69 Å². The zero-order chi connectivity index (χ0) is 14.1. The van der Waals surface area contributed by atoms with E-state index >= 15 is 0 Å². The SMILES string of the molecule is O=C(Nc1cc(Br)ccc1Cl)C1CSc2ccccc21. The molecule has 0 spiro atoms. The van der Waals surface area contributed by atoms with Crippen LogP contribution in [0, 0.1) is 0 Å². The van der Waals surface area contributed by atoms with Crippen LogP contribution < -0.4 is 5.32 Å². The highest BCUT2D eigenvalue weighted by Crippen LogP contribution is 2.40. The molecule has 20 heavy (non-hydrogen) atoms. The Labute approximate surface area is 135 Å². The maximum atomic E-state index is 12.4. The van der Waals surface area contributed by atoms with Gasteiger partial charge in [-0.2, -0.15) is 0 Å². The fraction of sp³-hybridized carbons (Fsp3) is 0.133. The molecule has 0 radical (unpaired) electrons. The summed E-state index contributed by atoms with van der Waals surface area (Å²) in [6.07, 6.45) is 0. The molecule has 2 aromatic carbocycles. The van der Waals surface area contributed by atoms with Gasteiger partial charge in [0, 0.05) is 15.1 Å². The van der Waals surface area contributed by atoms with Gasteiger partial charge in [-0.3, -0.25) is 4.79 Å². The summed E-state index contributed by atoms with van der Waals surface area (Å²) in [6, 6.07) is 13.5. The maximum Gasteiger partial charge on any atom is 0.232 e. The Morgan fingerprint density at radius 3 is 2.95 bits per heavy atom. The summed E-state index contributed by atoms with van der Waals surface area (Å²) in [6.45, 7) is 0. The highest BCUT2D eigenvalue weighted by atomic mass is 79.9. The van der Waals surface area contributed by atoms with Crippen molar-refractivity contribution in [2.75, 3.05) is 11.1 Å². The summed E-state index contributed by atoms with van der Waals surface area (Å²) >= 11 is 11.2. The number of nitrogens with one attached hydrogen (secondary N) is 1. The predicted octanol–water partition coefficient (Wildman–Crippen LogP) is 4.93. The van der Waals surface area contributed by atoms with Gasteiger partial charge >= 0.3 is 0 Å². The summed E-state index contributed by atoms with van der Waals surface area (Å²) in [5, 5.41) is 3.46. The third-order valence-electron chi connectivity index (χ3n) is 3.20. The van der Waals surface area contributed by atoms with Gasteiger partial charge in [-0.15, -0.1) is 11.8 Å². The summed E-state index contributed by atoms with van der Waals surface area (Å²) in [4.78, 5) is 13.6. The molecule has 5 heteroatoms. The molecule has 0 aromatic heterocycles. The van der Waals surface area contributed by atoms with Crippen molar-refractivity contribution in [1.82, 2.24) is 0 Å². The van der Waals surface area contributed by atoms with Crippen molar-refractivity contribution in [2.24, 2.45) is 0 Å². The number of anilines is 1.